The maximum Gasteiger partial charge on any atom is 0.337 e. The Morgan fingerprint density at radius 2 is 1.61 bits per heavy atom. The largest absolute Gasteiger partial charge is 0.478 e. The van der Waals surface area contributed by atoms with Crippen LogP contribution in [0.5, 0.6) is 0 Å². The minimum Gasteiger partial charge on any atom is -0.478 e. The summed E-state index contributed by atoms with van der Waals surface area (Å²) in [5.41, 5.74) is 0.789. The van der Waals surface area contributed by atoms with Gasteiger partial charge in [0.2, 0.25) is 5.91 Å². The number of halogens is 3. The van der Waals surface area contributed by atoms with E-state index in [2.05, 4.69) is 33.2 Å². The number of rotatable bonds is 6. The summed E-state index contributed by atoms with van der Waals surface area (Å²) >= 11 is 5.98. The van der Waals surface area contributed by atoms with Gasteiger partial charge >= 0.3 is 5.97 Å². The summed E-state index contributed by atoms with van der Waals surface area (Å²) in [7, 11) is 0. The van der Waals surface area contributed by atoms with Crippen LogP contribution in [-0.4, -0.2) is 53.5 Å². The third kappa shape index (κ3) is 8.76. The number of carboxylic acids is 1. The zero-order chi connectivity index (χ0) is 18.0. The van der Waals surface area contributed by atoms with Crippen LogP contribution in [0.4, 0.5) is 5.69 Å². The van der Waals surface area contributed by atoms with Crippen LogP contribution in [0.15, 0.2) is 6.07 Å². The fourth-order valence-corrected chi connectivity index (χ4v) is 5.46. The lowest BCUT2D eigenvalue weighted by Gasteiger charge is -2.12. The summed E-state index contributed by atoms with van der Waals surface area (Å²) in [6, 6.07) is 1.73. The first kappa shape index (κ1) is 23.2. The number of nitrogens with one attached hydrogen (secondary N) is 2. The predicted molar refractivity (Wildman–Crippen MR) is 113 cm³/mol. The van der Waals surface area contributed by atoms with Crippen molar-refractivity contribution in [3.05, 3.63) is 22.3 Å². The van der Waals surface area contributed by atoms with Gasteiger partial charge in [0.25, 0.3) is 0 Å². The number of hydrogen-bond acceptors (Lipinski definition) is 5. The average Bonchev–Trinajstić information content (AvgIpc) is 2.44. The van der Waals surface area contributed by atoms with Gasteiger partial charge < -0.3 is 26.0 Å². The van der Waals surface area contributed by atoms with Gasteiger partial charge in [0, 0.05) is 27.2 Å². The summed E-state index contributed by atoms with van der Waals surface area (Å²) < 4.78 is 2.04. The van der Waals surface area contributed by atoms with Gasteiger partial charge in [-0.15, -0.1) is 0 Å². The van der Waals surface area contributed by atoms with Gasteiger partial charge in [0.1, 0.15) is 0 Å². The number of anilines is 1. The third-order valence-electron chi connectivity index (χ3n) is 2.26. The van der Waals surface area contributed by atoms with Crippen LogP contribution in [0.1, 0.15) is 17.3 Å². The molecule has 1 rings (SSSR count). The molecular formula is C13H17I3N2O5. The van der Waals surface area contributed by atoms with Gasteiger partial charge in [-0.05, 0) is 73.8 Å². The average molecular weight is 662 g/mol. The summed E-state index contributed by atoms with van der Waals surface area (Å²) in [6.45, 7) is 2.81. The number of aliphatic hydroxyl groups excluding tert-OH is 2. The zero-order valence-corrected chi connectivity index (χ0v) is 18.7. The second-order valence-electron chi connectivity index (χ2n) is 4.09. The van der Waals surface area contributed by atoms with Crippen molar-refractivity contribution in [1.29, 1.82) is 0 Å². The highest BCUT2D eigenvalue weighted by molar-refractivity contribution is 14.1. The summed E-state index contributed by atoms with van der Waals surface area (Å²) in [5, 5.41) is 30.8. The van der Waals surface area contributed by atoms with Crippen molar-refractivity contribution in [1.82, 2.24) is 5.32 Å². The van der Waals surface area contributed by atoms with E-state index in [4.69, 9.17) is 15.3 Å². The lowest BCUT2D eigenvalue weighted by molar-refractivity contribution is -0.114. The number of carbonyl (C=O) groups excluding carboxylic acids is 1. The van der Waals surface area contributed by atoms with E-state index >= 15 is 0 Å². The van der Waals surface area contributed by atoms with E-state index in [1.165, 1.54) is 6.92 Å². The summed E-state index contributed by atoms with van der Waals surface area (Å²) in [6.07, 6.45) is 0. The van der Waals surface area contributed by atoms with Crippen LogP contribution in [-0.2, 0) is 4.79 Å². The molecule has 23 heavy (non-hydrogen) atoms. The van der Waals surface area contributed by atoms with Gasteiger partial charge in [-0.2, -0.15) is 0 Å². The predicted octanol–water partition coefficient (Wildman–Crippen LogP) is 1.72. The van der Waals surface area contributed by atoms with E-state index in [1.807, 2.05) is 45.2 Å². The van der Waals surface area contributed by atoms with Crippen LogP contribution in [0.2, 0.25) is 0 Å². The number of carboxylic acid groups (broad SMARTS) is 1. The molecule has 1 aromatic rings. The Hall–Kier alpha value is 0.230. The molecule has 0 unspecified atom stereocenters. The smallest absolute Gasteiger partial charge is 0.337 e. The van der Waals surface area contributed by atoms with Crippen LogP contribution in [0.3, 0.4) is 0 Å². The highest BCUT2D eigenvalue weighted by Gasteiger charge is 2.19. The molecule has 1 aromatic carbocycles. The zero-order valence-electron chi connectivity index (χ0n) is 12.2. The monoisotopic (exact) mass is 662 g/mol. The van der Waals surface area contributed by atoms with E-state index in [9.17, 15) is 9.59 Å². The molecule has 1 amide bonds. The first-order chi connectivity index (χ1) is 10.8. The summed E-state index contributed by atoms with van der Waals surface area (Å²) in [4.78, 5) is 22.1. The molecule has 130 valence electrons. The minimum atomic E-state index is -0.989. The van der Waals surface area contributed by atoms with Gasteiger partial charge in [-0.25, -0.2) is 4.79 Å². The number of amides is 1. The Kier molecular flexibility index (Phi) is 12.7. The van der Waals surface area contributed by atoms with E-state index in [1.54, 1.807) is 6.07 Å². The number of carbonyl (C=O) groups is 2. The first-order valence-corrected chi connectivity index (χ1v) is 9.60. The van der Waals surface area contributed by atoms with Crippen molar-refractivity contribution in [3.8, 4) is 0 Å². The first-order valence-electron chi connectivity index (χ1n) is 6.37. The van der Waals surface area contributed by atoms with E-state index in [0.717, 1.165) is 3.57 Å². The Bertz CT molecular complexity index is 551. The van der Waals surface area contributed by atoms with Crippen molar-refractivity contribution in [2.24, 2.45) is 0 Å². The molecule has 0 aliphatic heterocycles. The molecule has 0 aliphatic carbocycles. The lowest BCUT2D eigenvalue weighted by Crippen LogP contribution is -2.21. The third-order valence-corrected chi connectivity index (χ3v) is 5.04. The number of aromatic carboxylic acids is 1. The highest BCUT2D eigenvalue weighted by atomic mass is 127. The minimum absolute atomic E-state index is 0.139. The molecule has 0 saturated carbocycles. The van der Waals surface area contributed by atoms with Crippen LogP contribution < -0.4 is 10.6 Å². The molecule has 7 nitrogen and oxygen atoms in total. The maximum atomic E-state index is 11.1. The quantitative estimate of drug-likeness (QED) is 0.234. The van der Waals surface area contributed by atoms with Crippen molar-refractivity contribution in [2.75, 3.05) is 31.6 Å². The van der Waals surface area contributed by atoms with Crippen molar-refractivity contribution in [3.63, 3.8) is 0 Å². The highest BCUT2D eigenvalue weighted by Crippen LogP contribution is 2.31. The van der Waals surface area contributed by atoms with Crippen molar-refractivity contribution < 1.29 is 24.9 Å². The Morgan fingerprint density at radius 3 is 2.00 bits per heavy atom. The Labute approximate surface area is 175 Å². The normalized spacial score (nSPS) is 9.83. The molecule has 0 saturated heterocycles. The van der Waals surface area contributed by atoms with Crippen molar-refractivity contribution in [2.45, 2.75) is 6.92 Å². The molecule has 0 atom stereocenters. The van der Waals surface area contributed by atoms with Crippen LogP contribution >= 0.6 is 67.8 Å². The Balaban J connectivity index is 0.000000585. The van der Waals surface area contributed by atoms with Crippen molar-refractivity contribution >= 4 is 85.3 Å². The molecule has 0 aliphatic rings. The topological polar surface area (TPSA) is 119 Å². The number of aliphatic hydroxyl groups is 2. The fraction of sp³-hybridized carbons (Fsp3) is 0.385. The standard InChI is InChI=1S/C9H6I3NO3.C4H11NO2/c1-3(14)13-8-5(11)2-4(10)6(7(8)12)9(15)16;6-3-1-5-2-4-7/h2H,1H3,(H,13,14)(H,15,16);5-7H,1-4H2. The molecule has 10 heteroatoms. The maximum absolute atomic E-state index is 11.1. The van der Waals surface area contributed by atoms with Crippen LogP contribution in [0.25, 0.3) is 0 Å². The van der Waals surface area contributed by atoms with Crippen LogP contribution in [0, 0.1) is 10.7 Å². The van der Waals surface area contributed by atoms with Gasteiger partial charge in [-0.3, -0.25) is 4.79 Å². The molecule has 5 N–H and O–H groups in total. The SMILES string of the molecule is CC(=O)Nc1c(I)cc(I)c(C(=O)O)c1I.OCCNCCO. The number of hydrogen-bond donors (Lipinski definition) is 5. The second kappa shape index (κ2) is 12.6. The fourth-order valence-electron chi connectivity index (χ4n) is 1.36. The lowest BCUT2D eigenvalue weighted by atomic mass is 10.2. The van der Waals surface area contributed by atoms with Gasteiger partial charge in [0.15, 0.2) is 0 Å². The molecule has 0 spiro atoms. The van der Waals surface area contributed by atoms with E-state index in [-0.39, 0.29) is 24.7 Å². The molecule has 0 radical (unpaired) electrons. The van der Waals surface area contributed by atoms with E-state index < -0.39 is 5.97 Å². The summed E-state index contributed by atoms with van der Waals surface area (Å²) in [5.74, 6) is -1.20. The molecule has 0 bridgehead atoms. The second-order valence-corrected chi connectivity index (χ2v) is 7.49. The molecular weight excluding hydrogens is 645 g/mol. The van der Waals surface area contributed by atoms with Gasteiger partial charge in [0.05, 0.1) is 28.0 Å². The Morgan fingerprint density at radius 1 is 1.09 bits per heavy atom. The van der Waals surface area contributed by atoms with E-state index in [0.29, 0.717) is 25.9 Å². The number of benzene rings is 1. The molecule has 0 fully saturated rings. The van der Waals surface area contributed by atoms with Gasteiger partial charge in [-0.1, -0.05) is 0 Å². The molecule has 0 heterocycles. The molecule has 0 aromatic heterocycles.